The van der Waals surface area contributed by atoms with Gasteiger partial charge in [-0.15, -0.1) is 0 Å². The summed E-state index contributed by atoms with van der Waals surface area (Å²) in [5.41, 5.74) is 3.84. The molecule has 3 heteroatoms. The van der Waals surface area contributed by atoms with Gasteiger partial charge in [-0.05, 0) is 43.7 Å². The van der Waals surface area contributed by atoms with Crippen molar-refractivity contribution in [3.63, 3.8) is 0 Å². The van der Waals surface area contributed by atoms with Crippen LogP contribution >= 0.6 is 0 Å². The van der Waals surface area contributed by atoms with E-state index in [0.29, 0.717) is 6.54 Å². The minimum absolute atomic E-state index is 0.206. The number of nitrogens with zero attached hydrogens (tertiary/aromatic N) is 1. The number of hydrogen-bond acceptors (Lipinski definition) is 3. The molecule has 2 N–H and O–H groups in total. The van der Waals surface area contributed by atoms with Crippen LogP contribution in [0.25, 0.3) is 0 Å². The van der Waals surface area contributed by atoms with E-state index in [-0.39, 0.29) is 6.61 Å². The van der Waals surface area contributed by atoms with Crippen molar-refractivity contribution in [3.05, 3.63) is 29.3 Å². The van der Waals surface area contributed by atoms with Crippen LogP contribution in [0.3, 0.4) is 0 Å². The maximum atomic E-state index is 9.08. The largest absolute Gasteiger partial charge is 0.395 e. The molecule has 17 heavy (non-hydrogen) atoms. The third-order valence-corrected chi connectivity index (χ3v) is 2.92. The first-order valence-corrected chi connectivity index (χ1v) is 6.32. The SMILES string of the molecule is CCCN(CCO)c1ccc(CNC)c(C)c1. The molecule has 0 radical (unpaired) electrons. The van der Waals surface area contributed by atoms with Crippen molar-refractivity contribution in [3.8, 4) is 0 Å². The number of rotatable bonds is 7. The van der Waals surface area contributed by atoms with Crippen LogP contribution in [0.4, 0.5) is 5.69 Å². The second kappa shape index (κ2) is 7.30. The molecule has 96 valence electrons. The van der Waals surface area contributed by atoms with E-state index in [0.717, 1.165) is 19.5 Å². The van der Waals surface area contributed by atoms with E-state index in [2.05, 4.69) is 42.3 Å². The molecule has 0 aliphatic rings. The first kappa shape index (κ1) is 14.0. The molecule has 1 rings (SSSR count). The van der Waals surface area contributed by atoms with E-state index in [1.807, 2.05) is 7.05 Å². The highest BCUT2D eigenvalue weighted by molar-refractivity contribution is 5.50. The summed E-state index contributed by atoms with van der Waals surface area (Å²) in [6.45, 7) is 7.10. The maximum Gasteiger partial charge on any atom is 0.0606 e. The van der Waals surface area contributed by atoms with Gasteiger partial charge in [0.1, 0.15) is 0 Å². The first-order chi connectivity index (χ1) is 8.22. The van der Waals surface area contributed by atoms with E-state index in [1.54, 1.807) is 0 Å². The Bertz CT molecular complexity index is 333. The molecule has 0 heterocycles. The summed E-state index contributed by atoms with van der Waals surface area (Å²) < 4.78 is 0. The van der Waals surface area contributed by atoms with E-state index >= 15 is 0 Å². The number of nitrogens with one attached hydrogen (secondary N) is 1. The fourth-order valence-corrected chi connectivity index (χ4v) is 2.03. The summed E-state index contributed by atoms with van der Waals surface area (Å²) in [5.74, 6) is 0. The normalized spacial score (nSPS) is 10.6. The molecule has 1 aromatic rings. The number of anilines is 1. The Balaban J connectivity index is 2.85. The van der Waals surface area contributed by atoms with Crippen LogP contribution in [-0.2, 0) is 6.54 Å². The van der Waals surface area contributed by atoms with E-state index in [9.17, 15) is 0 Å². The topological polar surface area (TPSA) is 35.5 Å². The van der Waals surface area contributed by atoms with Crippen molar-refractivity contribution in [2.75, 3.05) is 31.6 Å². The Morgan fingerprint density at radius 1 is 1.29 bits per heavy atom. The molecule has 1 aromatic carbocycles. The molecule has 0 atom stereocenters. The molecule has 0 saturated heterocycles. The fourth-order valence-electron chi connectivity index (χ4n) is 2.03. The average Bonchev–Trinajstić information content (AvgIpc) is 2.32. The van der Waals surface area contributed by atoms with Gasteiger partial charge in [-0.25, -0.2) is 0 Å². The lowest BCUT2D eigenvalue weighted by molar-refractivity contribution is 0.302. The zero-order chi connectivity index (χ0) is 12.7. The van der Waals surface area contributed by atoms with E-state index < -0.39 is 0 Å². The second-order valence-electron chi connectivity index (χ2n) is 4.35. The molecular weight excluding hydrogens is 212 g/mol. The van der Waals surface area contributed by atoms with E-state index in [1.165, 1.54) is 16.8 Å². The summed E-state index contributed by atoms with van der Waals surface area (Å²) >= 11 is 0. The number of aliphatic hydroxyl groups is 1. The number of aliphatic hydroxyl groups excluding tert-OH is 1. The third-order valence-electron chi connectivity index (χ3n) is 2.92. The van der Waals surface area contributed by atoms with Crippen molar-refractivity contribution in [1.29, 1.82) is 0 Å². The van der Waals surface area contributed by atoms with Gasteiger partial charge in [0.05, 0.1) is 6.61 Å². The van der Waals surface area contributed by atoms with Gasteiger partial charge in [0.25, 0.3) is 0 Å². The molecule has 3 nitrogen and oxygen atoms in total. The zero-order valence-corrected chi connectivity index (χ0v) is 11.2. The average molecular weight is 236 g/mol. The van der Waals surface area contributed by atoms with Gasteiger partial charge in [-0.2, -0.15) is 0 Å². The number of benzene rings is 1. The summed E-state index contributed by atoms with van der Waals surface area (Å²) in [6.07, 6.45) is 1.09. The molecule has 0 amide bonds. The predicted molar refractivity (Wildman–Crippen MR) is 73.5 cm³/mol. The molecule has 0 bridgehead atoms. The molecule has 0 saturated carbocycles. The van der Waals surface area contributed by atoms with Crippen molar-refractivity contribution in [2.24, 2.45) is 0 Å². The highest BCUT2D eigenvalue weighted by atomic mass is 16.3. The molecular formula is C14H24N2O. The fraction of sp³-hybridized carbons (Fsp3) is 0.571. The van der Waals surface area contributed by atoms with Crippen molar-refractivity contribution >= 4 is 5.69 Å². The third kappa shape index (κ3) is 4.02. The molecule has 0 aliphatic heterocycles. The quantitative estimate of drug-likeness (QED) is 0.759. The Morgan fingerprint density at radius 2 is 2.06 bits per heavy atom. The monoisotopic (exact) mass is 236 g/mol. The Labute approximate surface area is 104 Å². The molecule has 0 spiro atoms. The van der Waals surface area contributed by atoms with Crippen molar-refractivity contribution in [2.45, 2.75) is 26.8 Å². The van der Waals surface area contributed by atoms with Gasteiger partial charge in [0.15, 0.2) is 0 Å². The van der Waals surface area contributed by atoms with Gasteiger partial charge in [0, 0.05) is 25.3 Å². The van der Waals surface area contributed by atoms with Crippen LogP contribution in [0.5, 0.6) is 0 Å². The lowest BCUT2D eigenvalue weighted by atomic mass is 10.1. The van der Waals surface area contributed by atoms with Crippen LogP contribution in [-0.4, -0.2) is 31.9 Å². The summed E-state index contributed by atoms with van der Waals surface area (Å²) in [7, 11) is 1.96. The first-order valence-electron chi connectivity index (χ1n) is 6.32. The molecule has 0 aliphatic carbocycles. The summed E-state index contributed by atoms with van der Waals surface area (Å²) in [4.78, 5) is 2.23. The maximum absolute atomic E-state index is 9.08. The van der Waals surface area contributed by atoms with Crippen LogP contribution in [0, 0.1) is 6.92 Å². The van der Waals surface area contributed by atoms with Gasteiger partial charge >= 0.3 is 0 Å². The van der Waals surface area contributed by atoms with Gasteiger partial charge in [-0.1, -0.05) is 13.0 Å². The predicted octanol–water partition coefficient (Wildman–Crippen LogP) is 1.92. The second-order valence-corrected chi connectivity index (χ2v) is 4.35. The van der Waals surface area contributed by atoms with Crippen LogP contribution in [0.15, 0.2) is 18.2 Å². The van der Waals surface area contributed by atoms with Gasteiger partial charge in [-0.3, -0.25) is 0 Å². The van der Waals surface area contributed by atoms with Crippen LogP contribution in [0.1, 0.15) is 24.5 Å². The molecule has 0 aromatic heterocycles. The molecule has 0 fully saturated rings. The number of hydrogen-bond donors (Lipinski definition) is 2. The van der Waals surface area contributed by atoms with E-state index in [4.69, 9.17) is 5.11 Å². The minimum atomic E-state index is 0.206. The Kier molecular flexibility index (Phi) is 6.01. The van der Waals surface area contributed by atoms with Gasteiger partial charge < -0.3 is 15.3 Å². The van der Waals surface area contributed by atoms with Gasteiger partial charge in [0.2, 0.25) is 0 Å². The standard InChI is InChI=1S/C14H24N2O/c1-4-7-16(8-9-17)14-6-5-13(11-15-3)12(2)10-14/h5-6,10,15,17H,4,7-9,11H2,1-3H3. The van der Waals surface area contributed by atoms with Crippen LogP contribution in [0.2, 0.25) is 0 Å². The number of aryl methyl sites for hydroxylation is 1. The van der Waals surface area contributed by atoms with Crippen molar-refractivity contribution < 1.29 is 5.11 Å². The van der Waals surface area contributed by atoms with Crippen LogP contribution < -0.4 is 10.2 Å². The lowest BCUT2D eigenvalue weighted by Crippen LogP contribution is -2.27. The highest BCUT2D eigenvalue weighted by Crippen LogP contribution is 2.19. The molecule has 0 unspecified atom stereocenters. The highest BCUT2D eigenvalue weighted by Gasteiger charge is 2.06. The Hall–Kier alpha value is -1.06. The summed E-state index contributed by atoms with van der Waals surface area (Å²) in [6, 6.07) is 6.52. The minimum Gasteiger partial charge on any atom is -0.395 e. The Morgan fingerprint density at radius 3 is 2.59 bits per heavy atom. The lowest BCUT2D eigenvalue weighted by Gasteiger charge is -2.24. The van der Waals surface area contributed by atoms with Crippen molar-refractivity contribution in [1.82, 2.24) is 5.32 Å². The zero-order valence-electron chi connectivity index (χ0n) is 11.2. The smallest absolute Gasteiger partial charge is 0.0606 e. The summed E-state index contributed by atoms with van der Waals surface area (Å²) in [5, 5.41) is 12.3.